The van der Waals surface area contributed by atoms with Crippen molar-refractivity contribution in [2.45, 2.75) is 32.6 Å². The molecule has 0 N–H and O–H groups in total. The molecule has 0 radical (unpaired) electrons. The summed E-state index contributed by atoms with van der Waals surface area (Å²) in [5.74, 6) is -0.101. The zero-order valence-corrected chi connectivity index (χ0v) is 10.8. The molecule has 1 unspecified atom stereocenters. The van der Waals surface area contributed by atoms with Gasteiger partial charge in [-0.05, 0) is 50.5 Å². The van der Waals surface area contributed by atoms with E-state index in [1.54, 1.807) is 0 Å². The third-order valence-electron chi connectivity index (χ3n) is 3.24. The molecule has 16 heavy (non-hydrogen) atoms. The maximum absolute atomic E-state index is 12.1. The van der Waals surface area contributed by atoms with Crippen LogP contribution >= 0.6 is 0 Å². The molecule has 2 rings (SSSR count). The molecule has 0 aromatic heterocycles. The minimum absolute atomic E-state index is 0.101. The summed E-state index contributed by atoms with van der Waals surface area (Å²) in [6, 6.07) is 1.88. The smallest absolute Gasteiger partial charge is 0.267 e. The van der Waals surface area contributed by atoms with Crippen molar-refractivity contribution in [3.63, 3.8) is 0 Å². The molecule has 1 aromatic rings. The standard InChI is InChI=1S/C12H15NO2S/c1-5-13-12(14)11-9(4)8(3)7(2)6-10(11)16(13)15/h6H,5H2,1-4H3. The Hall–Kier alpha value is -1.16. The first-order chi connectivity index (χ1) is 7.49. The molecule has 0 fully saturated rings. The highest BCUT2D eigenvalue weighted by Gasteiger charge is 2.35. The molecular weight excluding hydrogens is 222 g/mol. The summed E-state index contributed by atoms with van der Waals surface area (Å²) >= 11 is 0. The Morgan fingerprint density at radius 3 is 2.44 bits per heavy atom. The zero-order chi connectivity index (χ0) is 12.0. The van der Waals surface area contributed by atoms with E-state index < -0.39 is 11.0 Å². The second kappa shape index (κ2) is 3.70. The minimum Gasteiger partial charge on any atom is -0.268 e. The lowest BCUT2D eigenvalue weighted by Gasteiger charge is -2.09. The highest BCUT2D eigenvalue weighted by molar-refractivity contribution is 7.84. The number of hydrogen-bond donors (Lipinski definition) is 0. The summed E-state index contributed by atoms with van der Waals surface area (Å²) in [6.45, 7) is 8.23. The molecule has 0 bridgehead atoms. The molecule has 4 heteroatoms. The van der Waals surface area contributed by atoms with Crippen molar-refractivity contribution in [1.29, 1.82) is 0 Å². The molecule has 86 valence electrons. The van der Waals surface area contributed by atoms with Crippen molar-refractivity contribution in [2.75, 3.05) is 6.54 Å². The van der Waals surface area contributed by atoms with Crippen LogP contribution in [0.2, 0.25) is 0 Å². The van der Waals surface area contributed by atoms with Crippen LogP contribution in [0, 0.1) is 20.8 Å². The normalized spacial score (nSPS) is 19.1. The Kier molecular flexibility index (Phi) is 2.62. The summed E-state index contributed by atoms with van der Waals surface area (Å²) in [5, 5.41) is 0. The molecule has 1 aromatic carbocycles. The van der Waals surface area contributed by atoms with Gasteiger partial charge in [-0.3, -0.25) is 9.10 Å². The van der Waals surface area contributed by atoms with E-state index >= 15 is 0 Å². The Labute approximate surface area is 98.0 Å². The van der Waals surface area contributed by atoms with E-state index in [-0.39, 0.29) is 5.91 Å². The molecule has 1 aliphatic heterocycles. The van der Waals surface area contributed by atoms with Crippen molar-refractivity contribution in [1.82, 2.24) is 4.31 Å². The molecule has 0 aliphatic carbocycles. The quantitative estimate of drug-likeness (QED) is 0.750. The molecular formula is C12H15NO2S. The minimum atomic E-state index is -1.31. The van der Waals surface area contributed by atoms with Gasteiger partial charge in [0.2, 0.25) is 0 Å². The van der Waals surface area contributed by atoms with Gasteiger partial charge < -0.3 is 0 Å². The van der Waals surface area contributed by atoms with Gasteiger partial charge in [-0.25, -0.2) is 4.21 Å². The largest absolute Gasteiger partial charge is 0.268 e. The van der Waals surface area contributed by atoms with Crippen LogP contribution in [0.25, 0.3) is 0 Å². The van der Waals surface area contributed by atoms with E-state index in [9.17, 15) is 9.00 Å². The predicted octanol–water partition coefficient (Wildman–Crippen LogP) is 2.11. The maximum atomic E-state index is 12.1. The number of fused-ring (bicyclic) bond motifs is 1. The summed E-state index contributed by atoms with van der Waals surface area (Å²) in [4.78, 5) is 12.7. The number of amides is 1. The van der Waals surface area contributed by atoms with Crippen LogP contribution in [-0.2, 0) is 11.0 Å². The number of nitrogens with zero attached hydrogens (tertiary/aromatic N) is 1. The van der Waals surface area contributed by atoms with E-state index in [1.165, 1.54) is 4.31 Å². The fourth-order valence-corrected chi connectivity index (χ4v) is 3.43. The maximum Gasteiger partial charge on any atom is 0.267 e. The van der Waals surface area contributed by atoms with Gasteiger partial charge >= 0.3 is 0 Å². The Bertz CT molecular complexity index is 508. The number of carbonyl (C=O) groups is 1. The van der Waals surface area contributed by atoms with E-state index in [0.717, 1.165) is 16.7 Å². The van der Waals surface area contributed by atoms with E-state index in [4.69, 9.17) is 0 Å². The van der Waals surface area contributed by atoms with Crippen molar-refractivity contribution >= 4 is 16.9 Å². The predicted molar refractivity (Wildman–Crippen MR) is 63.8 cm³/mol. The van der Waals surface area contributed by atoms with Gasteiger partial charge in [0.05, 0.1) is 10.5 Å². The number of aryl methyl sites for hydroxylation is 1. The summed E-state index contributed by atoms with van der Waals surface area (Å²) in [7, 11) is -1.31. The monoisotopic (exact) mass is 237 g/mol. The first-order valence-corrected chi connectivity index (χ1v) is 6.44. The Morgan fingerprint density at radius 1 is 1.25 bits per heavy atom. The van der Waals surface area contributed by atoms with Crippen LogP contribution in [-0.4, -0.2) is 21.0 Å². The van der Waals surface area contributed by atoms with E-state index in [2.05, 4.69) is 0 Å². The van der Waals surface area contributed by atoms with Gasteiger partial charge in [0.25, 0.3) is 5.91 Å². The summed E-state index contributed by atoms with van der Waals surface area (Å²) in [5.41, 5.74) is 3.81. The van der Waals surface area contributed by atoms with Gasteiger partial charge in [0.15, 0.2) is 11.0 Å². The molecule has 1 amide bonds. The summed E-state index contributed by atoms with van der Waals surface area (Å²) < 4.78 is 13.5. The SMILES string of the molecule is CCN1C(=O)c2c(cc(C)c(C)c2C)S1=O. The molecule has 1 aliphatic rings. The van der Waals surface area contributed by atoms with Crippen LogP contribution in [0.1, 0.15) is 34.0 Å². The van der Waals surface area contributed by atoms with E-state index in [1.807, 2.05) is 33.8 Å². The molecule has 1 atom stereocenters. The lowest BCUT2D eigenvalue weighted by atomic mass is 9.98. The third-order valence-corrected chi connectivity index (χ3v) is 4.76. The highest BCUT2D eigenvalue weighted by atomic mass is 32.2. The van der Waals surface area contributed by atoms with Crippen molar-refractivity contribution < 1.29 is 9.00 Å². The van der Waals surface area contributed by atoms with Crippen LogP contribution in [0.15, 0.2) is 11.0 Å². The van der Waals surface area contributed by atoms with Gasteiger partial charge in [0, 0.05) is 6.54 Å². The van der Waals surface area contributed by atoms with Gasteiger partial charge in [-0.2, -0.15) is 0 Å². The Balaban J connectivity index is 2.73. The number of rotatable bonds is 1. The second-order valence-electron chi connectivity index (χ2n) is 4.07. The number of hydrogen-bond acceptors (Lipinski definition) is 2. The first-order valence-electron chi connectivity index (χ1n) is 5.33. The van der Waals surface area contributed by atoms with Crippen LogP contribution in [0.5, 0.6) is 0 Å². The molecule has 0 saturated heterocycles. The van der Waals surface area contributed by atoms with Gasteiger partial charge in [-0.1, -0.05) is 0 Å². The van der Waals surface area contributed by atoms with Crippen molar-refractivity contribution in [2.24, 2.45) is 0 Å². The zero-order valence-electron chi connectivity index (χ0n) is 9.96. The molecule has 0 spiro atoms. The number of benzene rings is 1. The lowest BCUT2D eigenvalue weighted by molar-refractivity contribution is 0.0878. The van der Waals surface area contributed by atoms with Crippen LogP contribution in [0.4, 0.5) is 0 Å². The average molecular weight is 237 g/mol. The molecule has 1 heterocycles. The third kappa shape index (κ3) is 1.33. The van der Waals surface area contributed by atoms with Crippen LogP contribution in [0.3, 0.4) is 0 Å². The first kappa shape index (κ1) is 11.3. The Morgan fingerprint density at radius 2 is 1.88 bits per heavy atom. The second-order valence-corrected chi connectivity index (χ2v) is 5.44. The fraction of sp³-hybridized carbons (Fsp3) is 0.417. The summed E-state index contributed by atoms with van der Waals surface area (Å²) in [6.07, 6.45) is 0. The van der Waals surface area contributed by atoms with Crippen molar-refractivity contribution in [3.8, 4) is 0 Å². The topological polar surface area (TPSA) is 37.4 Å². The lowest BCUT2D eigenvalue weighted by Crippen LogP contribution is -2.25. The average Bonchev–Trinajstić information content (AvgIpc) is 2.48. The highest BCUT2D eigenvalue weighted by Crippen LogP contribution is 2.32. The van der Waals surface area contributed by atoms with E-state index in [0.29, 0.717) is 17.0 Å². The van der Waals surface area contributed by atoms with Crippen LogP contribution < -0.4 is 0 Å². The van der Waals surface area contributed by atoms with Gasteiger partial charge in [0.1, 0.15) is 0 Å². The fourth-order valence-electron chi connectivity index (χ4n) is 2.03. The van der Waals surface area contributed by atoms with Gasteiger partial charge in [-0.15, -0.1) is 0 Å². The van der Waals surface area contributed by atoms with Crippen molar-refractivity contribution in [3.05, 3.63) is 28.3 Å². The number of carbonyl (C=O) groups excluding carboxylic acids is 1. The molecule has 3 nitrogen and oxygen atoms in total. The molecule has 0 saturated carbocycles.